The molecule has 3 heterocycles. The molecule has 1 fully saturated rings. The molecule has 6 heteroatoms. The van der Waals surface area contributed by atoms with E-state index in [1.807, 2.05) is 25.4 Å². The highest BCUT2D eigenvalue weighted by molar-refractivity contribution is 5.48. The van der Waals surface area contributed by atoms with Gasteiger partial charge in [0.1, 0.15) is 17.6 Å². The average molecular weight is 412 g/mol. The van der Waals surface area contributed by atoms with E-state index in [-0.39, 0.29) is 6.10 Å². The summed E-state index contributed by atoms with van der Waals surface area (Å²) in [5.74, 6) is 1.99. The summed E-state index contributed by atoms with van der Waals surface area (Å²) in [6, 6.07) is 8.52. The van der Waals surface area contributed by atoms with E-state index in [4.69, 9.17) is 14.2 Å². The first-order chi connectivity index (χ1) is 14.7. The fourth-order valence-electron chi connectivity index (χ4n) is 4.21. The Morgan fingerprint density at radius 2 is 2.10 bits per heavy atom. The maximum absolute atomic E-state index is 6.03. The van der Waals surface area contributed by atoms with E-state index in [9.17, 15) is 0 Å². The molecule has 0 spiro atoms. The second-order valence-corrected chi connectivity index (χ2v) is 8.16. The molecule has 0 saturated carbocycles. The number of aromatic nitrogens is 1. The Morgan fingerprint density at radius 1 is 1.23 bits per heavy atom. The van der Waals surface area contributed by atoms with Gasteiger partial charge in [0.05, 0.1) is 19.8 Å². The molecule has 0 N–H and O–H groups in total. The lowest BCUT2D eigenvalue weighted by Gasteiger charge is -2.30. The van der Waals surface area contributed by atoms with Crippen LogP contribution in [0.1, 0.15) is 30.5 Å². The average Bonchev–Trinajstić information content (AvgIpc) is 3.12. The molecule has 0 aliphatic carbocycles. The van der Waals surface area contributed by atoms with Gasteiger partial charge in [0.15, 0.2) is 0 Å². The molecule has 2 aliphatic heterocycles. The van der Waals surface area contributed by atoms with Gasteiger partial charge in [0, 0.05) is 69.2 Å². The Bertz CT molecular complexity index is 809. The molecule has 0 bridgehead atoms. The Kier molecular flexibility index (Phi) is 7.20. The minimum Gasteiger partial charge on any atom is -0.494 e. The van der Waals surface area contributed by atoms with Crippen LogP contribution >= 0.6 is 0 Å². The first kappa shape index (κ1) is 21.1. The molecule has 30 heavy (non-hydrogen) atoms. The number of pyridine rings is 1. The zero-order valence-electron chi connectivity index (χ0n) is 18.2. The summed E-state index contributed by atoms with van der Waals surface area (Å²) in [6.45, 7) is 12.2. The Hall–Kier alpha value is -2.15. The van der Waals surface area contributed by atoms with Gasteiger partial charge in [-0.05, 0) is 37.6 Å². The summed E-state index contributed by atoms with van der Waals surface area (Å²) in [6.07, 6.45) is 4.97. The van der Waals surface area contributed by atoms with Crippen LogP contribution in [0, 0.1) is 0 Å². The molecule has 0 radical (unpaired) electrons. The SMILES string of the molecule is CCOc1cc2c(cc1CN(CCN1CCOCC1)Cc1cccnc1)OC(C)C2. The first-order valence-electron chi connectivity index (χ1n) is 11.1. The number of benzene rings is 1. The predicted molar refractivity (Wildman–Crippen MR) is 117 cm³/mol. The summed E-state index contributed by atoms with van der Waals surface area (Å²) in [4.78, 5) is 9.26. The standard InChI is InChI=1S/C24H33N3O3/c1-3-29-23-14-21-13-19(2)30-24(21)15-22(23)18-27(17-20-5-4-6-25-16-20)8-7-26-9-11-28-12-10-26/h4-6,14-16,19H,3,7-13,17-18H2,1-2H3. The van der Waals surface area contributed by atoms with E-state index < -0.39 is 0 Å². The van der Waals surface area contributed by atoms with Gasteiger partial charge in [-0.1, -0.05) is 6.07 Å². The van der Waals surface area contributed by atoms with Crippen LogP contribution in [0.25, 0.3) is 0 Å². The lowest BCUT2D eigenvalue weighted by molar-refractivity contribution is 0.0324. The molecule has 2 aliphatic rings. The lowest BCUT2D eigenvalue weighted by Crippen LogP contribution is -2.41. The molecule has 162 valence electrons. The molecular weight excluding hydrogens is 378 g/mol. The third-order valence-corrected chi connectivity index (χ3v) is 5.74. The van der Waals surface area contributed by atoms with Crippen molar-refractivity contribution in [3.05, 3.63) is 53.3 Å². The van der Waals surface area contributed by atoms with Gasteiger partial charge in [-0.2, -0.15) is 0 Å². The largest absolute Gasteiger partial charge is 0.494 e. The minimum atomic E-state index is 0.234. The summed E-state index contributed by atoms with van der Waals surface area (Å²) in [5, 5.41) is 0. The molecule has 1 saturated heterocycles. The molecule has 2 aromatic rings. The molecule has 1 aromatic carbocycles. The van der Waals surface area contributed by atoms with Gasteiger partial charge >= 0.3 is 0 Å². The number of nitrogens with zero attached hydrogens (tertiary/aromatic N) is 3. The fourth-order valence-corrected chi connectivity index (χ4v) is 4.21. The van der Waals surface area contributed by atoms with Crippen molar-refractivity contribution in [2.24, 2.45) is 0 Å². The van der Waals surface area contributed by atoms with Crippen molar-refractivity contribution in [1.82, 2.24) is 14.8 Å². The molecule has 0 amide bonds. The van der Waals surface area contributed by atoms with Crippen LogP contribution in [0.3, 0.4) is 0 Å². The molecule has 1 atom stereocenters. The third-order valence-electron chi connectivity index (χ3n) is 5.74. The lowest BCUT2D eigenvalue weighted by atomic mass is 10.1. The van der Waals surface area contributed by atoms with Gasteiger partial charge in [-0.25, -0.2) is 0 Å². The Morgan fingerprint density at radius 3 is 2.87 bits per heavy atom. The van der Waals surface area contributed by atoms with Crippen molar-refractivity contribution in [1.29, 1.82) is 0 Å². The molecule has 4 rings (SSSR count). The Balaban J connectivity index is 1.51. The van der Waals surface area contributed by atoms with Crippen LogP contribution in [0.4, 0.5) is 0 Å². The van der Waals surface area contributed by atoms with Crippen molar-refractivity contribution in [3.63, 3.8) is 0 Å². The van der Waals surface area contributed by atoms with E-state index in [2.05, 4.69) is 39.9 Å². The van der Waals surface area contributed by atoms with E-state index >= 15 is 0 Å². The number of fused-ring (bicyclic) bond motifs is 1. The maximum atomic E-state index is 6.03. The molecule has 1 unspecified atom stereocenters. The highest BCUT2D eigenvalue weighted by atomic mass is 16.5. The maximum Gasteiger partial charge on any atom is 0.124 e. The van der Waals surface area contributed by atoms with Crippen molar-refractivity contribution < 1.29 is 14.2 Å². The Labute approximate surface area is 179 Å². The highest BCUT2D eigenvalue weighted by Crippen LogP contribution is 2.35. The second-order valence-electron chi connectivity index (χ2n) is 8.16. The van der Waals surface area contributed by atoms with Crippen molar-refractivity contribution in [2.45, 2.75) is 39.5 Å². The zero-order valence-corrected chi connectivity index (χ0v) is 18.2. The summed E-state index contributed by atoms with van der Waals surface area (Å²) in [5.41, 5.74) is 3.67. The van der Waals surface area contributed by atoms with Gasteiger partial charge in [-0.3, -0.25) is 14.8 Å². The number of rotatable bonds is 9. The van der Waals surface area contributed by atoms with Crippen LogP contribution in [-0.4, -0.2) is 66.9 Å². The van der Waals surface area contributed by atoms with E-state index in [0.29, 0.717) is 6.61 Å². The van der Waals surface area contributed by atoms with Crippen molar-refractivity contribution in [3.8, 4) is 11.5 Å². The molecule has 6 nitrogen and oxygen atoms in total. The second kappa shape index (κ2) is 10.2. The number of morpholine rings is 1. The fraction of sp³-hybridized carbons (Fsp3) is 0.542. The number of ether oxygens (including phenoxy) is 3. The van der Waals surface area contributed by atoms with Crippen LogP contribution in [-0.2, 0) is 24.2 Å². The zero-order chi connectivity index (χ0) is 20.8. The number of hydrogen-bond acceptors (Lipinski definition) is 6. The highest BCUT2D eigenvalue weighted by Gasteiger charge is 2.23. The topological polar surface area (TPSA) is 47.1 Å². The molecular formula is C24H33N3O3. The van der Waals surface area contributed by atoms with Gasteiger partial charge < -0.3 is 14.2 Å². The predicted octanol–water partition coefficient (Wildman–Crippen LogP) is 3.14. The summed E-state index contributed by atoms with van der Waals surface area (Å²) in [7, 11) is 0. The van der Waals surface area contributed by atoms with Crippen molar-refractivity contribution in [2.75, 3.05) is 46.0 Å². The van der Waals surface area contributed by atoms with Gasteiger partial charge in [-0.15, -0.1) is 0 Å². The minimum absolute atomic E-state index is 0.234. The number of hydrogen-bond donors (Lipinski definition) is 0. The van der Waals surface area contributed by atoms with E-state index in [1.54, 1.807) is 0 Å². The van der Waals surface area contributed by atoms with Crippen LogP contribution < -0.4 is 9.47 Å². The van der Waals surface area contributed by atoms with Crippen LogP contribution in [0.2, 0.25) is 0 Å². The summed E-state index contributed by atoms with van der Waals surface area (Å²) >= 11 is 0. The normalized spacial score (nSPS) is 19.0. The smallest absolute Gasteiger partial charge is 0.124 e. The summed E-state index contributed by atoms with van der Waals surface area (Å²) < 4.78 is 17.5. The monoisotopic (exact) mass is 411 g/mol. The van der Waals surface area contributed by atoms with Crippen LogP contribution in [0.15, 0.2) is 36.7 Å². The van der Waals surface area contributed by atoms with Crippen LogP contribution in [0.5, 0.6) is 11.5 Å². The van der Waals surface area contributed by atoms with E-state index in [1.165, 1.54) is 16.7 Å². The first-order valence-corrected chi connectivity index (χ1v) is 11.1. The third kappa shape index (κ3) is 5.50. The molecule has 1 aromatic heterocycles. The van der Waals surface area contributed by atoms with E-state index in [0.717, 1.165) is 70.4 Å². The van der Waals surface area contributed by atoms with Crippen molar-refractivity contribution >= 4 is 0 Å². The quantitative estimate of drug-likeness (QED) is 0.632. The van der Waals surface area contributed by atoms with Gasteiger partial charge in [0.25, 0.3) is 0 Å². The van der Waals surface area contributed by atoms with Gasteiger partial charge in [0.2, 0.25) is 0 Å².